The number of amides is 1. The fraction of sp³-hybridized carbons (Fsp3) is 0.484. The van der Waals surface area contributed by atoms with E-state index >= 15 is 0 Å². The number of dihydropyridines is 1. The summed E-state index contributed by atoms with van der Waals surface area (Å²) in [5, 5.41) is 3.51. The Balaban J connectivity index is 1.30. The van der Waals surface area contributed by atoms with Crippen molar-refractivity contribution in [1.29, 1.82) is 0 Å². The number of allylic oxidation sites excluding steroid dienone is 2. The molecule has 186 valence electrons. The summed E-state index contributed by atoms with van der Waals surface area (Å²) in [6.07, 6.45) is 17.9. The van der Waals surface area contributed by atoms with E-state index in [1.165, 1.54) is 22.3 Å². The number of hydrogen-bond acceptors (Lipinski definition) is 4. The molecule has 7 rings (SSSR count). The molecule has 6 aliphatic rings. The summed E-state index contributed by atoms with van der Waals surface area (Å²) in [5.74, 6) is 0.535. The molecule has 2 saturated carbocycles. The van der Waals surface area contributed by atoms with E-state index < -0.39 is 0 Å². The van der Waals surface area contributed by atoms with Crippen molar-refractivity contribution in [1.82, 2.24) is 10.2 Å². The van der Waals surface area contributed by atoms with Crippen LogP contribution in [0.15, 0.2) is 70.8 Å². The van der Waals surface area contributed by atoms with Crippen molar-refractivity contribution in [2.75, 3.05) is 26.2 Å². The molecule has 1 amide bonds. The van der Waals surface area contributed by atoms with Crippen LogP contribution in [0.5, 0.6) is 0 Å². The maximum Gasteiger partial charge on any atom is 0.253 e. The summed E-state index contributed by atoms with van der Waals surface area (Å²) in [6, 6.07) is 8.69. The molecular weight excluding hydrogens is 446 g/mol. The third-order valence-corrected chi connectivity index (χ3v) is 9.37. The molecule has 2 spiro atoms. The van der Waals surface area contributed by atoms with Gasteiger partial charge in [0.15, 0.2) is 0 Å². The minimum absolute atomic E-state index is 0.0749. The van der Waals surface area contributed by atoms with E-state index in [0.717, 1.165) is 57.4 Å². The Morgan fingerprint density at radius 2 is 1.92 bits per heavy atom. The average Bonchev–Trinajstić information content (AvgIpc) is 3.81. The standard InChI is InChI=1S/C31H35N3O2/c1-3-34(4-2)28(35)22-8-6-21(7-9-22)25-19-29(11-14-32-15-12-29)36-31-18-24(31)16-23(17-26(25)31)30-10-5-13-33-27(30)20-30/h5-10,13,16-17,19,24,27,32H,3-4,11-12,14-15,18,20H2,1-2H3. The quantitative estimate of drug-likeness (QED) is 0.662. The first kappa shape index (κ1) is 22.4. The number of nitrogens with zero attached hydrogens (tertiary/aromatic N) is 2. The number of benzene rings is 1. The number of hydrogen-bond donors (Lipinski definition) is 1. The van der Waals surface area contributed by atoms with Crippen LogP contribution in [-0.4, -0.2) is 60.4 Å². The normalized spacial score (nSPS) is 34.6. The van der Waals surface area contributed by atoms with Gasteiger partial charge in [0.1, 0.15) is 5.60 Å². The molecule has 0 aromatic heterocycles. The highest BCUT2D eigenvalue weighted by Crippen LogP contribution is 2.67. The fourth-order valence-corrected chi connectivity index (χ4v) is 7.04. The van der Waals surface area contributed by atoms with E-state index in [9.17, 15) is 4.79 Å². The molecule has 3 fully saturated rings. The van der Waals surface area contributed by atoms with Gasteiger partial charge in [-0.15, -0.1) is 0 Å². The lowest BCUT2D eigenvalue weighted by atomic mass is 9.76. The lowest BCUT2D eigenvalue weighted by Crippen LogP contribution is -2.49. The second kappa shape index (κ2) is 7.87. The molecule has 36 heavy (non-hydrogen) atoms. The Morgan fingerprint density at radius 3 is 2.64 bits per heavy atom. The first-order valence-corrected chi connectivity index (χ1v) is 13.7. The molecule has 3 aliphatic heterocycles. The number of rotatable bonds is 5. The highest BCUT2D eigenvalue weighted by Gasteiger charge is 2.66. The zero-order valence-electron chi connectivity index (χ0n) is 21.3. The molecule has 3 aliphatic carbocycles. The number of carbonyl (C=O) groups excluding carboxylic acids is 1. The van der Waals surface area contributed by atoms with Crippen LogP contribution in [0.1, 0.15) is 55.5 Å². The minimum atomic E-state index is -0.219. The minimum Gasteiger partial charge on any atom is -0.359 e. The topological polar surface area (TPSA) is 53.9 Å². The van der Waals surface area contributed by atoms with Gasteiger partial charge < -0.3 is 15.0 Å². The Labute approximate surface area is 213 Å². The Morgan fingerprint density at radius 1 is 1.14 bits per heavy atom. The highest BCUT2D eigenvalue weighted by atomic mass is 16.5. The predicted molar refractivity (Wildman–Crippen MR) is 143 cm³/mol. The molecule has 5 nitrogen and oxygen atoms in total. The van der Waals surface area contributed by atoms with Crippen molar-refractivity contribution >= 4 is 17.7 Å². The second-order valence-corrected chi connectivity index (χ2v) is 11.3. The summed E-state index contributed by atoms with van der Waals surface area (Å²) in [4.78, 5) is 19.5. The predicted octanol–water partition coefficient (Wildman–Crippen LogP) is 4.73. The lowest BCUT2D eigenvalue weighted by Gasteiger charge is -2.45. The number of aliphatic imine (C=N–C) groups is 1. The second-order valence-electron chi connectivity index (χ2n) is 11.3. The summed E-state index contributed by atoms with van der Waals surface area (Å²) in [5.41, 5.74) is 5.64. The molecular formula is C31H35N3O2. The lowest BCUT2D eigenvalue weighted by molar-refractivity contribution is -0.0856. The van der Waals surface area contributed by atoms with Crippen LogP contribution >= 0.6 is 0 Å². The molecule has 1 saturated heterocycles. The molecule has 0 radical (unpaired) electrons. The summed E-state index contributed by atoms with van der Waals surface area (Å²) in [6.45, 7) is 7.48. The van der Waals surface area contributed by atoms with E-state index in [4.69, 9.17) is 9.73 Å². The van der Waals surface area contributed by atoms with Crippen LogP contribution in [0.4, 0.5) is 0 Å². The summed E-state index contributed by atoms with van der Waals surface area (Å²) in [7, 11) is 0. The maximum absolute atomic E-state index is 12.9. The van der Waals surface area contributed by atoms with Gasteiger partial charge in [0, 0.05) is 36.2 Å². The SMILES string of the molecule is CCN(CC)C(=O)c1ccc(C2=CC3(CCNCC3)OC34CC3C=C(C35C=CC=NC3C5)C=C24)cc1. The smallest absolute Gasteiger partial charge is 0.253 e. The largest absolute Gasteiger partial charge is 0.359 e. The monoisotopic (exact) mass is 481 g/mol. The number of ether oxygens (including phenoxy) is 1. The third kappa shape index (κ3) is 3.22. The zero-order valence-corrected chi connectivity index (χ0v) is 21.3. The summed E-state index contributed by atoms with van der Waals surface area (Å²) >= 11 is 0. The molecule has 0 bridgehead atoms. The number of piperidine rings is 1. The van der Waals surface area contributed by atoms with E-state index in [2.05, 4.69) is 47.8 Å². The van der Waals surface area contributed by atoms with Gasteiger partial charge in [-0.3, -0.25) is 9.79 Å². The fourth-order valence-electron chi connectivity index (χ4n) is 7.04. The molecule has 5 heteroatoms. The molecule has 1 N–H and O–H groups in total. The van der Waals surface area contributed by atoms with Crippen molar-refractivity contribution in [2.45, 2.75) is 56.8 Å². The maximum atomic E-state index is 12.9. The van der Waals surface area contributed by atoms with Crippen LogP contribution in [-0.2, 0) is 4.74 Å². The van der Waals surface area contributed by atoms with Crippen LogP contribution in [0.2, 0.25) is 0 Å². The molecule has 1 aromatic rings. The van der Waals surface area contributed by atoms with Gasteiger partial charge in [-0.25, -0.2) is 0 Å². The van der Waals surface area contributed by atoms with Gasteiger partial charge in [0.25, 0.3) is 5.91 Å². The van der Waals surface area contributed by atoms with Crippen molar-refractivity contribution < 1.29 is 9.53 Å². The summed E-state index contributed by atoms with van der Waals surface area (Å²) < 4.78 is 7.10. The van der Waals surface area contributed by atoms with Crippen molar-refractivity contribution in [3.05, 3.63) is 76.9 Å². The molecule has 1 aromatic carbocycles. The van der Waals surface area contributed by atoms with Gasteiger partial charge in [-0.1, -0.05) is 30.4 Å². The third-order valence-electron chi connectivity index (χ3n) is 9.37. The van der Waals surface area contributed by atoms with Crippen LogP contribution in [0.25, 0.3) is 5.57 Å². The Bertz CT molecular complexity index is 1260. The Hall–Kier alpha value is -2.76. The van der Waals surface area contributed by atoms with Crippen LogP contribution in [0.3, 0.4) is 0 Å². The average molecular weight is 482 g/mol. The highest BCUT2D eigenvalue weighted by molar-refractivity contribution is 5.95. The molecule has 4 atom stereocenters. The molecule has 4 unspecified atom stereocenters. The van der Waals surface area contributed by atoms with E-state index in [1.54, 1.807) is 0 Å². The van der Waals surface area contributed by atoms with E-state index in [-0.39, 0.29) is 22.5 Å². The van der Waals surface area contributed by atoms with Gasteiger partial charge >= 0.3 is 0 Å². The zero-order chi connectivity index (χ0) is 24.5. The van der Waals surface area contributed by atoms with E-state index in [1.807, 2.05) is 37.1 Å². The van der Waals surface area contributed by atoms with Crippen molar-refractivity contribution in [3.8, 4) is 0 Å². The van der Waals surface area contributed by atoms with Crippen molar-refractivity contribution in [2.24, 2.45) is 16.3 Å². The van der Waals surface area contributed by atoms with Gasteiger partial charge in [0.2, 0.25) is 0 Å². The van der Waals surface area contributed by atoms with Gasteiger partial charge in [0.05, 0.1) is 11.6 Å². The van der Waals surface area contributed by atoms with E-state index in [0.29, 0.717) is 12.0 Å². The van der Waals surface area contributed by atoms with Gasteiger partial charge in [-0.2, -0.15) is 0 Å². The van der Waals surface area contributed by atoms with Crippen molar-refractivity contribution in [3.63, 3.8) is 0 Å². The van der Waals surface area contributed by atoms with Crippen LogP contribution < -0.4 is 5.32 Å². The first-order chi connectivity index (χ1) is 17.5. The molecule has 3 heterocycles. The Kier molecular flexibility index (Phi) is 4.90. The number of nitrogens with one attached hydrogen (secondary N) is 1. The van der Waals surface area contributed by atoms with Gasteiger partial charge in [-0.05, 0) is 99.2 Å². The number of fused-ring (bicyclic) bond motifs is 1. The first-order valence-electron chi connectivity index (χ1n) is 13.7. The number of carbonyl (C=O) groups is 1. The van der Waals surface area contributed by atoms with Crippen LogP contribution in [0, 0.1) is 11.3 Å².